The summed E-state index contributed by atoms with van der Waals surface area (Å²) in [5.74, 6) is -0.0787. The van der Waals surface area contributed by atoms with Crippen molar-refractivity contribution in [2.24, 2.45) is 0 Å². The first-order valence-corrected chi connectivity index (χ1v) is 9.78. The van der Waals surface area contributed by atoms with Crippen LogP contribution in [0.25, 0.3) is 0 Å². The fraction of sp³-hybridized carbons (Fsp3) is 0.316. The smallest absolute Gasteiger partial charge is 0.241 e. The van der Waals surface area contributed by atoms with Crippen LogP contribution in [-0.4, -0.2) is 20.9 Å². The number of amides is 1. The number of anilines is 1. The zero-order chi connectivity index (χ0) is 18.4. The van der Waals surface area contributed by atoms with Gasteiger partial charge in [-0.1, -0.05) is 45.0 Å². The van der Waals surface area contributed by atoms with Gasteiger partial charge in [0.25, 0.3) is 0 Å². The Morgan fingerprint density at radius 3 is 2.36 bits per heavy atom. The van der Waals surface area contributed by atoms with E-state index in [1.165, 1.54) is 0 Å². The zero-order valence-corrected chi connectivity index (χ0v) is 15.6. The molecule has 2 N–H and O–H groups in total. The minimum absolute atomic E-state index is 0.151. The molecule has 2 rings (SSSR count). The van der Waals surface area contributed by atoms with Crippen molar-refractivity contribution in [1.82, 2.24) is 4.72 Å². The van der Waals surface area contributed by atoms with E-state index < -0.39 is 15.9 Å². The fourth-order valence-electron chi connectivity index (χ4n) is 2.35. The molecular weight excluding hydrogens is 336 g/mol. The van der Waals surface area contributed by atoms with Crippen molar-refractivity contribution in [3.63, 3.8) is 0 Å². The topological polar surface area (TPSA) is 75.3 Å². The van der Waals surface area contributed by atoms with Crippen molar-refractivity contribution >= 4 is 21.6 Å². The van der Waals surface area contributed by atoms with Crippen LogP contribution >= 0.6 is 0 Å². The van der Waals surface area contributed by atoms with Crippen LogP contribution < -0.4 is 10.0 Å². The number of carbonyl (C=O) groups excluding carboxylic acids is 1. The number of sulfonamides is 1. The predicted octanol–water partition coefficient (Wildman–Crippen LogP) is 3.29. The first-order valence-electron chi connectivity index (χ1n) is 8.30. The van der Waals surface area contributed by atoms with E-state index in [4.69, 9.17) is 0 Å². The van der Waals surface area contributed by atoms with Crippen LogP contribution in [0.15, 0.2) is 53.4 Å². The van der Waals surface area contributed by atoms with Crippen molar-refractivity contribution in [1.29, 1.82) is 0 Å². The number of benzene rings is 2. The Hall–Kier alpha value is -2.18. The SMILES string of the molecule is CCc1cccc(NC(=O)CNS(=O)(=O)c2ccc(C(C)C)cc2)c1. The average Bonchev–Trinajstić information content (AvgIpc) is 2.60. The fourth-order valence-corrected chi connectivity index (χ4v) is 3.33. The van der Waals surface area contributed by atoms with Crippen LogP contribution in [0.1, 0.15) is 37.8 Å². The molecule has 0 aromatic heterocycles. The molecule has 0 bridgehead atoms. The van der Waals surface area contributed by atoms with Gasteiger partial charge in [-0.05, 0) is 47.7 Å². The number of carbonyl (C=O) groups is 1. The summed E-state index contributed by atoms with van der Waals surface area (Å²) in [5, 5.41) is 2.70. The summed E-state index contributed by atoms with van der Waals surface area (Å²) in [6.45, 7) is 5.80. The van der Waals surface area contributed by atoms with Gasteiger partial charge in [0.2, 0.25) is 15.9 Å². The number of aryl methyl sites for hydroxylation is 1. The van der Waals surface area contributed by atoms with E-state index in [-0.39, 0.29) is 11.4 Å². The molecule has 0 radical (unpaired) electrons. The van der Waals surface area contributed by atoms with Gasteiger partial charge in [-0.25, -0.2) is 13.1 Å². The van der Waals surface area contributed by atoms with Crippen LogP contribution in [0.5, 0.6) is 0 Å². The summed E-state index contributed by atoms with van der Waals surface area (Å²) in [7, 11) is -3.71. The molecule has 0 aliphatic carbocycles. The van der Waals surface area contributed by atoms with Crippen molar-refractivity contribution in [2.75, 3.05) is 11.9 Å². The van der Waals surface area contributed by atoms with Crippen molar-refractivity contribution in [2.45, 2.75) is 38.0 Å². The summed E-state index contributed by atoms with van der Waals surface area (Å²) >= 11 is 0. The zero-order valence-electron chi connectivity index (χ0n) is 14.7. The summed E-state index contributed by atoms with van der Waals surface area (Å²) in [4.78, 5) is 12.1. The van der Waals surface area contributed by atoms with Crippen LogP contribution in [0.3, 0.4) is 0 Å². The molecule has 1 amide bonds. The van der Waals surface area contributed by atoms with Crippen LogP contribution in [-0.2, 0) is 21.2 Å². The quantitative estimate of drug-likeness (QED) is 0.795. The molecule has 0 aliphatic heterocycles. The monoisotopic (exact) mass is 360 g/mol. The number of hydrogen-bond donors (Lipinski definition) is 2. The molecule has 2 aromatic carbocycles. The summed E-state index contributed by atoms with van der Waals surface area (Å²) < 4.78 is 26.9. The van der Waals surface area contributed by atoms with Gasteiger partial charge in [0.05, 0.1) is 11.4 Å². The largest absolute Gasteiger partial charge is 0.325 e. The minimum atomic E-state index is -3.71. The van der Waals surface area contributed by atoms with Gasteiger partial charge in [-0.15, -0.1) is 0 Å². The maximum atomic E-state index is 12.3. The van der Waals surface area contributed by atoms with Gasteiger partial charge in [0.1, 0.15) is 0 Å². The Balaban J connectivity index is 1.97. The first kappa shape index (κ1) is 19.1. The van der Waals surface area contributed by atoms with E-state index in [1.54, 1.807) is 30.3 Å². The van der Waals surface area contributed by atoms with Crippen molar-refractivity contribution < 1.29 is 13.2 Å². The highest BCUT2D eigenvalue weighted by Crippen LogP contribution is 2.17. The van der Waals surface area contributed by atoms with Gasteiger partial charge >= 0.3 is 0 Å². The number of nitrogens with one attached hydrogen (secondary N) is 2. The highest BCUT2D eigenvalue weighted by molar-refractivity contribution is 7.89. The lowest BCUT2D eigenvalue weighted by Gasteiger charge is -2.10. The molecule has 25 heavy (non-hydrogen) atoms. The average molecular weight is 360 g/mol. The van der Waals surface area contributed by atoms with E-state index >= 15 is 0 Å². The lowest BCUT2D eigenvalue weighted by atomic mass is 10.0. The Morgan fingerprint density at radius 1 is 1.08 bits per heavy atom. The van der Waals surface area contributed by atoms with Gasteiger partial charge < -0.3 is 5.32 Å². The molecule has 0 saturated heterocycles. The molecule has 0 atom stereocenters. The molecule has 0 heterocycles. The molecule has 6 heteroatoms. The lowest BCUT2D eigenvalue weighted by Crippen LogP contribution is -2.32. The van der Waals surface area contributed by atoms with Gasteiger partial charge in [-0.3, -0.25) is 4.79 Å². The van der Waals surface area contributed by atoms with Crippen molar-refractivity contribution in [3.8, 4) is 0 Å². The van der Waals surface area contributed by atoms with Gasteiger partial charge in [0, 0.05) is 5.69 Å². The van der Waals surface area contributed by atoms with Crippen molar-refractivity contribution in [3.05, 3.63) is 59.7 Å². The first-order chi connectivity index (χ1) is 11.8. The number of hydrogen-bond acceptors (Lipinski definition) is 3. The van der Waals surface area contributed by atoms with Crippen LogP contribution in [0, 0.1) is 0 Å². The van der Waals surface area contributed by atoms with E-state index in [0.717, 1.165) is 17.5 Å². The highest BCUT2D eigenvalue weighted by Gasteiger charge is 2.16. The third-order valence-electron chi connectivity index (χ3n) is 3.90. The normalized spacial score (nSPS) is 11.5. The Morgan fingerprint density at radius 2 is 1.76 bits per heavy atom. The van der Waals surface area contributed by atoms with Crippen LogP contribution in [0.2, 0.25) is 0 Å². The molecule has 2 aromatic rings. The van der Waals surface area contributed by atoms with Gasteiger partial charge in [0.15, 0.2) is 0 Å². The summed E-state index contributed by atoms with van der Waals surface area (Å²) in [6.07, 6.45) is 0.864. The molecule has 0 fully saturated rings. The molecule has 5 nitrogen and oxygen atoms in total. The lowest BCUT2D eigenvalue weighted by molar-refractivity contribution is -0.115. The molecule has 0 unspecified atom stereocenters. The predicted molar refractivity (Wildman–Crippen MR) is 100 cm³/mol. The summed E-state index contributed by atoms with van der Waals surface area (Å²) in [5.41, 5.74) is 2.82. The molecular formula is C19H24N2O3S. The maximum Gasteiger partial charge on any atom is 0.241 e. The van der Waals surface area contributed by atoms with E-state index in [0.29, 0.717) is 11.6 Å². The second kappa shape index (κ2) is 8.27. The van der Waals surface area contributed by atoms with E-state index in [1.807, 2.05) is 39.0 Å². The summed E-state index contributed by atoms with van der Waals surface area (Å²) in [6, 6.07) is 14.2. The van der Waals surface area contributed by atoms with Crippen LogP contribution in [0.4, 0.5) is 5.69 Å². The number of rotatable bonds is 7. The standard InChI is InChI=1S/C19H24N2O3S/c1-4-15-6-5-7-17(12-15)21-19(22)13-20-25(23,24)18-10-8-16(9-11-18)14(2)3/h5-12,14,20H,4,13H2,1-3H3,(H,21,22). The Labute approximate surface area is 149 Å². The maximum absolute atomic E-state index is 12.3. The second-order valence-electron chi connectivity index (χ2n) is 6.15. The molecule has 0 spiro atoms. The third kappa shape index (κ3) is 5.41. The molecule has 0 saturated carbocycles. The Bertz CT molecular complexity index is 828. The van der Waals surface area contributed by atoms with E-state index in [9.17, 15) is 13.2 Å². The third-order valence-corrected chi connectivity index (χ3v) is 5.32. The van der Waals surface area contributed by atoms with Gasteiger partial charge in [-0.2, -0.15) is 0 Å². The highest BCUT2D eigenvalue weighted by atomic mass is 32.2. The molecule has 0 aliphatic rings. The molecule has 134 valence electrons. The minimum Gasteiger partial charge on any atom is -0.325 e. The second-order valence-corrected chi connectivity index (χ2v) is 7.92. The Kier molecular flexibility index (Phi) is 6.33. The van der Waals surface area contributed by atoms with E-state index in [2.05, 4.69) is 10.0 Å².